The van der Waals surface area contributed by atoms with Gasteiger partial charge >= 0.3 is 0 Å². The molecule has 6 heteroatoms. The Kier molecular flexibility index (Phi) is 6.26. The largest absolute Gasteiger partial charge is 0.325 e. The van der Waals surface area contributed by atoms with Crippen LogP contribution in [0.1, 0.15) is 11.1 Å². The molecular weight excluding hydrogens is 316 g/mol. The first-order valence-corrected chi connectivity index (χ1v) is 7.81. The van der Waals surface area contributed by atoms with E-state index in [-0.39, 0.29) is 24.9 Å². The van der Waals surface area contributed by atoms with Gasteiger partial charge in [-0.3, -0.25) is 14.5 Å². The Morgan fingerprint density at radius 1 is 0.920 bits per heavy atom. The summed E-state index contributed by atoms with van der Waals surface area (Å²) in [5.41, 5.74) is 2.99. The molecular formula is C19H20N4O2. The number of rotatable bonds is 6. The van der Waals surface area contributed by atoms with Gasteiger partial charge in [0.1, 0.15) is 0 Å². The van der Waals surface area contributed by atoms with Crippen molar-refractivity contribution >= 4 is 23.2 Å². The van der Waals surface area contributed by atoms with Crippen molar-refractivity contribution in [1.29, 1.82) is 5.26 Å². The van der Waals surface area contributed by atoms with Gasteiger partial charge in [0.2, 0.25) is 11.8 Å². The number of amides is 2. The molecule has 0 atom stereocenters. The van der Waals surface area contributed by atoms with E-state index < -0.39 is 0 Å². The lowest BCUT2D eigenvalue weighted by Gasteiger charge is -2.16. The van der Waals surface area contributed by atoms with Crippen molar-refractivity contribution in [3.8, 4) is 6.07 Å². The van der Waals surface area contributed by atoms with Crippen molar-refractivity contribution in [3.05, 3.63) is 59.7 Å². The first-order valence-electron chi connectivity index (χ1n) is 7.81. The van der Waals surface area contributed by atoms with E-state index in [1.54, 1.807) is 36.2 Å². The number of anilines is 2. The van der Waals surface area contributed by atoms with E-state index in [4.69, 9.17) is 5.26 Å². The summed E-state index contributed by atoms with van der Waals surface area (Å²) < 4.78 is 0. The topological polar surface area (TPSA) is 85.2 Å². The molecule has 25 heavy (non-hydrogen) atoms. The zero-order valence-electron chi connectivity index (χ0n) is 14.2. The predicted molar refractivity (Wildman–Crippen MR) is 97.1 cm³/mol. The Bertz CT molecular complexity index is 777. The quantitative estimate of drug-likeness (QED) is 0.848. The average Bonchev–Trinajstić information content (AvgIpc) is 2.57. The molecule has 0 spiro atoms. The highest BCUT2D eigenvalue weighted by atomic mass is 16.2. The molecule has 0 saturated carbocycles. The summed E-state index contributed by atoms with van der Waals surface area (Å²) in [6.45, 7) is 2.17. The Morgan fingerprint density at radius 3 is 1.80 bits per heavy atom. The van der Waals surface area contributed by atoms with Crippen molar-refractivity contribution < 1.29 is 9.59 Å². The summed E-state index contributed by atoms with van der Waals surface area (Å²) in [5.74, 6) is -0.409. The second-order valence-corrected chi connectivity index (χ2v) is 5.82. The SMILES string of the molecule is Cc1ccc(NC(=O)CN(C)CC(=O)Nc2ccc(C#N)cc2)cc1. The standard InChI is InChI=1S/C19H20N4O2/c1-14-3-7-16(8-4-14)21-18(24)12-23(2)13-19(25)22-17-9-5-15(11-20)6-10-17/h3-10H,12-13H2,1-2H3,(H,21,24)(H,22,25). The highest BCUT2D eigenvalue weighted by Crippen LogP contribution is 2.09. The van der Waals surface area contributed by atoms with Gasteiger partial charge in [-0.25, -0.2) is 0 Å². The van der Waals surface area contributed by atoms with Crippen LogP contribution in [-0.4, -0.2) is 36.9 Å². The van der Waals surface area contributed by atoms with Crippen molar-refractivity contribution in [2.75, 3.05) is 30.8 Å². The molecule has 2 amide bonds. The van der Waals surface area contributed by atoms with Gasteiger partial charge in [-0.05, 0) is 50.4 Å². The lowest BCUT2D eigenvalue weighted by molar-refractivity contribution is -0.119. The van der Waals surface area contributed by atoms with Gasteiger partial charge < -0.3 is 10.6 Å². The fraction of sp³-hybridized carbons (Fsp3) is 0.211. The van der Waals surface area contributed by atoms with E-state index in [2.05, 4.69) is 10.6 Å². The Balaban J connectivity index is 1.79. The predicted octanol–water partition coefficient (Wildman–Crippen LogP) is 2.38. The van der Waals surface area contributed by atoms with Gasteiger partial charge in [0.05, 0.1) is 24.7 Å². The smallest absolute Gasteiger partial charge is 0.238 e. The van der Waals surface area contributed by atoms with Crippen molar-refractivity contribution in [2.45, 2.75) is 6.92 Å². The minimum Gasteiger partial charge on any atom is -0.325 e. The summed E-state index contributed by atoms with van der Waals surface area (Å²) in [6.07, 6.45) is 0. The summed E-state index contributed by atoms with van der Waals surface area (Å²) >= 11 is 0. The van der Waals surface area contributed by atoms with Gasteiger partial charge in [0, 0.05) is 11.4 Å². The maximum atomic E-state index is 12.0. The van der Waals surface area contributed by atoms with Gasteiger partial charge in [0.25, 0.3) is 0 Å². The van der Waals surface area contributed by atoms with Crippen LogP contribution < -0.4 is 10.6 Å². The van der Waals surface area contributed by atoms with E-state index >= 15 is 0 Å². The fourth-order valence-electron chi connectivity index (χ4n) is 2.21. The maximum Gasteiger partial charge on any atom is 0.238 e. The van der Waals surface area contributed by atoms with E-state index in [1.165, 1.54) is 0 Å². The second-order valence-electron chi connectivity index (χ2n) is 5.82. The number of hydrogen-bond acceptors (Lipinski definition) is 4. The molecule has 6 nitrogen and oxygen atoms in total. The minimum absolute atomic E-state index is 0.0846. The van der Waals surface area contributed by atoms with Gasteiger partial charge in [-0.15, -0.1) is 0 Å². The van der Waals surface area contributed by atoms with E-state index in [0.29, 0.717) is 11.3 Å². The van der Waals surface area contributed by atoms with Crippen LogP contribution in [-0.2, 0) is 9.59 Å². The fourth-order valence-corrected chi connectivity index (χ4v) is 2.21. The number of aryl methyl sites for hydroxylation is 1. The highest BCUT2D eigenvalue weighted by molar-refractivity contribution is 5.94. The molecule has 0 aliphatic carbocycles. The molecule has 0 fully saturated rings. The van der Waals surface area contributed by atoms with Crippen LogP contribution in [0.4, 0.5) is 11.4 Å². The Morgan fingerprint density at radius 2 is 1.36 bits per heavy atom. The summed E-state index contributed by atoms with van der Waals surface area (Å²) in [6, 6.07) is 16.1. The number of benzene rings is 2. The van der Waals surface area contributed by atoms with Gasteiger partial charge in [0.15, 0.2) is 0 Å². The zero-order valence-corrected chi connectivity index (χ0v) is 14.2. The van der Waals surface area contributed by atoms with Gasteiger partial charge in [-0.2, -0.15) is 5.26 Å². The number of nitrogens with one attached hydrogen (secondary N) is 2. The zero-order chi connectivity index (χ0) is 18.2. The molecule has 0 radical (unpaired) electrons. The van der Waals surface area contributed by atoms with Crippen molar-refractivity contribution in [2.24, 2.45) is 0 Å². The second kappa shape index (κ2) is 8.62. The summed E-state index contributed by atoms with van der Waals surface area (Å²) in [7, 11) is 1.70. The third-order valence-electron chi connectivity index (χ3n) is 3.46. The first-order chi connectivity index (χ1) is 12.0. The van der Waals surface area contributed by atoms with Crippen LogP contribution in [0, 0.1) is 18.3 Å². The number of nitrogens with zero attached hydrogens (tertiary/aromatic N) is 2. The third kappa shape index (κ3) is 6.09. The lowest BCUT2D eigenvalue weighted by atomic mass is 10.2. The third-order valence-corrected chi connectivity index (χ3v) is 3.46. The molecule has 0 aliphatic rings. The molecule has 2 N–H and O–H groups in total. The molecule has 0 saturated heterocycles. The number of carbonyl (C=O) groups is 2. The summed E-state index contributed by atoms with van der Waals surface area (Å²) in [5, 5.41) is 14.3. The first kappa shape index (κ1) is 18.2. The normalized spacial score (nSPS) is 10.2. The molecule has 0 unspecified atom stereocenters. The minimum atomic E-state index is -0.227. The van der Waals surface area contributed by atoms with Crippen molar-refractivity contribution in [1.82, 2.24) is 4.90 Å². The lowest BCUT2D eigenvalue weighted by Crippen LogP contribution is -2.36. The highest BCUT2D eigenvalue weighted by Gasteiger charge is 2.11. The van der Waals surface area contributed by atoms with Crippen LogP contribution in [0.15, 0.2) is 48.5 Å². The molecule has 0 heterocycles. The van der Waals surface area contributed by atoms with Crippen LogP contribution in [0.2, 0.25) is 0 Å². The summed E-state index contributed by atoms with van der Waals surface area (Å²) in [4.78, 5) is 25.6. The number of carbonyl (C=O) groups excluding carboxylic acids is 2. The monoisotopic (exact) mass is 336 g/mol. The molecule has 0 aliphatic heterocycles. The molecule has 0 aromatic heterocycles. The average molecular weight is 336 g/mol. The maximum absolute atomic E-state index is 12.0. The van der Waals surface area contributed by atoms with Crippen LogP contribution in [0.5, 0.6) is 0 Å². The van der Waals surface area contributed by atoms with Crippen LogP contribution >= 0.6 is 0 Å². The van der Waals surface area contributed by atoms with Crippen LogP contribution in [0.3, 0.4) is 0 Å². The Hall–Kier alpha value is -3.17. The number of likely N-dealkylation sites (N-methyl/N-ethyl adjacent to an activating group) is 1. The van der Waals surface area contributed by atoms with Gasteiger partial charge in [-0.1, -0.05) is 17.7 Å². The molecule has 2 aromatic rings. The molecule has 2 aromatic carbocycles. The van der Waals surface area contributed by atoms with E-state index in [1.807, 2.05) is 37.3 Å². The van der Waals surface area contributed by atoms with E-state index in [9.17, 15) is 9.59 Å². The molecule has 0 bridgehead atoms. The number of hydrogen-bond donors (Lipinski definition) is 2. The van der Waals surface area contributed by atoms with Crippen LogP contribution in [0.25, 0.3) is 0 Å². The number of nitriles is 1. The van der Waals surface area contributed by atoms with E-state index in [0.717, 1.165) is 11.3 Å². The molecule has 128 valence electrons. The molecule has 2 rings (SSSR count). The Labute approximate surface area is 147 Å². The van der Waals surface area contributed by atoms with Crippen molar-refractivity contribution in [3.63, 3.8) is 0 Å².